The van der Waals surface area contributed by atoms with Crippen molar-refractivity contribution in [2.75, 3.05) is 0 Å². The van der Waals surface area contributed by atoms with Crippen LogP contribution in [0.2, 0.25) is 0 Å². The smallest absolute Gasteiger partial charge is 0.135 e. The fourth-order valence-corrected chi connectivity index (χ4v) is 3.72. The van der Waals surface area contributed by atoms with Crippen LogP contribution in [0, 0.1) is 0 Å². The van der Waals surface area contributed by atoms with Gasteiger partial charge in [0.05, 0.1) is 28.6 Å². The number of allylic oxidation sites excluding steroid dienone is 4. The van der Waals surface area contributed by atoms with Gasteiger partial charge in [0.15, 0.2) is 0 Å². The Bertz CT molecular complexity index is 1500. The van der Waals surface area contributed by atoms with E-state index < -0.39 is 0 Å². The molecule has 0 fully saturated rings. The molecule has 5 aromatic rings. The summed E-state index contributed by atoms with van der Waals surface area (Å²) in [7, 11) is 0. The minimum Gasteiger partial charge on any atom is -0.399 e. The molecule has 0 bridgehead atoms. The van der Waals surface area contributed by atoms with Crippen molar-refractivity contribution in [1.29, 1.82) is 0 Å². The third-order valence-corrected chi connectivity index (χ3v) is 5.35. The summed E-state index contributed by atoms with van der Waals surface area (Å²) in [6.45, 7) is 5.67. The molecule has 0 spiro atoms. The fourth-order valence-electron chi connectivity index (χ4n) is 3.72. The topological polar surface area (TPSA) is 109 Å². The van der Waals surface area contributed by atoms with E-state index in [1.165, 1.54) is 0 Å². The number of fused-ring (bicyclic) bond motifs is 2. The lowest BCUT2D eigenvalue weighted by Gasteiger charge is -2.03. The Morgan fingerprint density at radius 3 is 2.78 bits per heavy atom. The van der Waals surface area contributed by atoms with E-state index in [0.717, 1.165) is 55.7 Å². The van der Waals surface area contributed by atoms with Crippen LogP contribution in [0.5, 0.6) is 0 Å². The summed E-state index contributed by atoms with van der Waals surface area (Å²) in [6, 6.07) is 9.94. The first kappa shape index (κ1) is 19.4. The Morgan fingerprint density at radius 1 is 1.09 bits per heavy atom. The van der Waals surface area contributed by atoms with Gasteiger partial charge in [0, 0.05) is 40.8 Å². The highest BCUT2D eigenvalue weighted by Gasteiger charge is 2.15. The monoisotopic (exact) mass is 419 g/mol. The molecule has 0 atom stereocenters. The molecule has 32 heavy (non-hydrogen) atoms. The summed E-state index contributed by atoms with van der Waals surface area (Å²) >= 11 is 0. The molecule has 7 heteroatoms. The van der Waals surface area contributed by atoms with Crippen molar-refractivity contribution in [3.05, 3.63) is 91.3 Å². The van der Waals surface area contributed by atoms with Gasteiger partial charge in [0.1, 0.15) is 11.2 Å². The number of hydrogen-bond donors (Lipinski definition) is 3. The molecule has 156 valence electrons. The van der Waals surface area contributed by atoms with E-state index in [1.54, 1.807) is 12.3 Å². The van der Waals surface area contributed by atoms with Gasteiger partial charge in [-0.2, -0.15) is 5.10 Å². The van der Waals surface area contributed by atoms with Gasteiger partial charge >= 0.3 is 0 Å². The molecule has 0 aliphatic carbocycles. The van der Waals surface area contributed by atoms with E-state index >= 15 is 0 Å². The second kappa shape index (κ2) is 7.96. The van der Waals surface area contributed by atoms with Crippen LogP contribution in [0.25, 0.3) is 50.0 Å². The first-order valence-corrected chi connectivity index (χ1v) is 10.2. The van der Waals surface area contributed by atoms with Crippen LogP contribution in [0.3, 0.4) is 0 Å². The minimum absolute atomic E-state index is 0.582. The predicted molar refractivity (Wildman–Crippen MR) is 128 cm³/mol. The number of H-pyrrole nitrogens is 2. The van der Waals surface area contributed by atoms with Gasteiger partial charge in [0.25, 0.3) is 0 Å². The van der Waals surface area contributed by atoms with Crippen molar-refractivity contribution in [3.8, 4) is 22.5 Å². The van der Waals surface area contributed by atoms with Crippen LogP contribution < -0.4 is 5.73 Å². The van der Waals surface area contributed by atoms with Crippen molar-refractivity contribution in [2.45, 2.75) is 6.92 Å². The standard InChI is InChI=1S/C25H21N7/c1-3-15(10-17(26)4-2)20-7-8-21-24(30-20)25(32-31-21)22-11-18-19(13-28-14-23(18)29-22)16-6-5-9-27-12-16/h3-14,29H,2,26H2,1H3,(H,31,32)/b15-3+,17-10+. The van der Waals surface area contributed by atoms with Crippen molar-refractivity contribution >= 4 is 27.5 Å². The Morgan fingerprint density at radius 2 is 2.00 bits per heavy atom. The quantitative estimate of drug-likeness (QED) is 0.348. The summed E-state index contributed by atoms with van der Waals surface area (Å²) in [5.41, 5.74) is 14.4. The van der Waals surface area contributed by atoms with E-state index in [2.05, 4.69) is 37.8 Å². The summed E-state index contributed by atoms with van der Waals surface area (Å²) in [6.07, 6.45) is 12.7. The third kappa shape index (κ3) is 3.35. The van der Waals surface area contributed by atoms with Crippen LogP contribution >= 0.6 is 0 Å². The zero-order valence-electron chi connectivity index (χ0n) is 17.5. The van der Waals surface area contributed by atoms with E-state index in [-0.39, 0.29) is 0 Å². The summed E-state index contributed by atoms with van der Waals surface area (Å²) in [5.74, 6) is 0. The number of hydrogen-bond acceptors (Lipinski definition) is 5. The maximum atomic E-state index is 5.95. The average molecular weight is 419 g/mol. The Labute approximate surface area is 184 Å². The first-order valence-electron chi connectivity index (χ1n) is 10.2. The van der Waals surface area contributed by atoms with E-state index in [0.29, 0.717) is 5.70 Å². The number of nitrogens with one attached hydrogen (secondary N) is 2. The second-order valence-corrected chi connectivity index (χ2v) is 7.33. The van der Waals surface area contributed by atoms with Crippen LogP contribution in [0.1, 0.15) is 12.6 Å². The van der Waals surface area contributed by atoms with E-state index in [4.69, 9.17) is 10.7 Å². The number of rotatable bonds is 5. The summed E-state index contributed by atoms with van der Waals surface area (Å²) in [5, 5.41) is 8.67. The molecule has 0 amide bonds. The highest BCUT2D eigenvalue weighted by Crippen LogP contribution is 2.33. The molecule has 5 rings (SSSR count). The number of aromatic amines is 2. The van der Waals surface area contributed by atoms with Crippen LogP contribution in [-0.2, 0) is 0 Å². The molecule has 0 aromatic carbocycles. The second-order valence-electron chi connectivity index (χ2n) is 7.33. The van der Waals surface area contributed by atoms with Gasteiger partial charge in [0.2, 0.25) is 0 Å². The molecule has 5 aromatic heterocycles. The SMILES string of the molecule is C=C/C(N)=C\C(=C/C)c1ccc2[nH]nc(-c3cc4c(-c5cccnc5)cncc4[nH]3)c2n1. The largest absolute Gasteiger partial charge is 0.399 e. The van der Waals surface area contributed by atoms with Gasteiger partial charge in [-0.3, -0.25) is 15.1 Å². The highest BCUT2D eigenvalue weighted by molar-refractivity contribution is 5.99. The predicted octanol–water partition coefficient (Wildman–Crippen LogP) is 5.00. The van der Waals surface area contributed by atoms with Gasteiger partial charge in [-0.25, -0.2) is 4.98 Å². The van der Waals surface area contributed by atoms with Crippen LogP contribution in [0.15, 0.2) is 85.6 Å². The molecule has 5 heterocycles. The Balaban J connectivity index is 1.65. The van der Waals surface area contributed by atoms with Crippen molar-refractivity contribution in [1.82, 2.24) is 30.1 Å². The van der Waals surface area contributed by atoms with Gasteiger partial charge in [-0.1, -0.05) is 18.7 Å². The number of aromatic nitrogens is 6. The number of pyridine rings is 3. The molecule has 0 radical (unpaired) electrons. The minimum atomic E-state index is 0.582. The maximum Gasteiger partial charge on any atom is 0.135 e. The van der Waals surface area contributed by atoms with Crippen LogP contribution in [-0.4, -0.2) is 30.1 Å². The lowest BCUT2D eigenvalue weighted by atomic mass is 10.1. The molecule has 4 N–H and O–H groups in total. The maximum absolute atomic E-state index is 5.95. The molecular weight excluding hydrogens is 398 g/mol. The van der Waals surface area contributed by atoms with Gasteiger partial charge in [-0.05, 0) is 48.9 Å². The zero-order chi connectivity index (χ0) is 22.1. The number of nitrogens with zero attached hydrogens (tertiary/aromatic N) is 4. The van der Waals surface area contributed by atoms with Gasteiger partial charge in [-0.15, -0.1) is 0 Å². The number of nitrogens with two attached hydrogens (primary N) is 1. The molecule has 0 saturated heterocycles. The lowest BCUT2D eigenvalue weighted by molar-refractivity contribution is 1.12. The highest BCUT2D eigenvalue weighted by atomic mass is 15.1. The Hall–Kier alpha value is -4.52. The molecule has 0 aliphatic rings. The molecule has 7 nitrogen and oxygen atoms in total. The third-order valence-electron chi connectivity index (χ3n) is 5.35. The molecule has 0 unspecified atom stereocenters. The first-order chi connectivity index (χ1) is 15.7. The molecule has 0 saturated carbocycles. The summed E-state index contributed by atoms with van der Waals surface area (Å²) < 4.78 is 0. The lowest BCUT2D eigenvalue weighted by Crippen LogP contribution is -1.95. The van der Waals surface area contributed by atoms with Crippen molar-refractivity contribution in [3.63, 3.8) is 0 Å². The zero-order valence-corrected chi connectivity index (χ0v) is 17.5. The Kier molecular flexibility index (Phi) is 4.84. The summed E-state index contributed by atoms with van der Waals surface area (Å²) in [4.78, 5) is 16.9. The van der Waals surface area contributed by atoms with Crippen LogP contribution in [0.4, 0.5) is 0 Å². The van der Waals surface area contributed by atoms with E-state index in [9.17, 15) is 0 Å². The molecule has 0 aliphatic heterocycles. The normalized spacial score (nSPS) is 12.5. The average Bonchev–Trinajstić information content (AvgIpc) is 3.46. The van der Waals surface area contributed by atoms with E-state index in [1.807, 2.05) is 61.9 Å². The fraction of sp³-hybridized carbons (Fsp3) is 0.0400. The molecular formula is C25H21N7. The van der Waals surface area contributed by atoms with Crippen molar-refractivity contribution in [2.24, 2.45) is 5.73 Å². The van der Waals surface area contributed by atoms with Crippen molar-refractivity contribution < 1.29 is 0 Å². The van der Waals surface area contributed by atoms with Gasteiger partial charge < -0.3 is 10.7 Å².